The van der Waals surface area contributed by atoms with Crippen LogP contribution in [0.1, 0.15) is 15.9 Å². The van der Waals surface area contributed by atoms with Gasteiger partial charge < -0.3 is 10.1 Å². The third kappa shape index (κ3) is 2.84. The standard InChI is InChI=1S/C13H11Cl2N3O2/c1-7-3-10(11(20-2)4-9(7)14)18-13-8(5-19)12(15)16-6-17-13/h3-6H,1-2H3,(H,16,17,18). The van der Waals surface area contributed by atoms with Crippen molar-refractivity contribution in [3.8, 4) is 5.75 Å². The molecule has 1 N–H and O–H groups in total. The molecule has 0 saturated carbocycles. The zero-order chi connectivity index (χ0) is 14.7. The molecule has 0 aliphatic heterocycles. The molecule has 104 valence electrons. The molecule has 0 amide bonds. The van der Waals surface area contributed by atoms with E-state index in [1.165, 1.54) is 13.4 Å². The third-order valence-electron chi connectivity index (χ3n) is 2.69. The molecule has 0 saturated heterocycles. The number of aldehydes is 1. The Kier molecular flexibility index (Phi) is 4.42. The predicted molar refractivity (Wildman–Crippen MR) is 78.5 cm³/mol. The minimum atomic E-state index is 0.0853. The van der Waals surface area contributed by atoms with E-state index in [0.717, 1.165) is 5.56 Å². The number of aryl methyl sites for hydroxylation is 1. The topological polar surface area (TPSA) is 64.1 Å². The van der Waals surface area contributed by atoms with Crippen LogP contribution in [0.15, 0.2) is 18.5 Å². The molecule has 5 nitrogen and oxygen atoms in total. The van der Waals surface area contributed by atoms with Crippen LogP contribution in [0, 0.1) is 6.92 Å². The van der Waals surface area contributed by atoms with Crippen molar-refractivity contribution in [2.75, 3.05) is 12.4 Å². The van der Waals surface area contributed by atoms with Crippen molar-refractivity contribution in [1.29, 1.82) is 0 Å². The number of carbonyl (C=O) groups is 1. The molecular formula is C13H11Cl2N3O2. The molecule has 2 rings (SSSR count). The minimum Gasteiger partial charge on any atom is -0.495 e. The quantitative estimate of drug-likeness (QED) is 0.689. The second-order valence-corrected chi connectivity index (χ2v) is 4.74. The van der Waals surface area contributed by atoms with Crippen molar-refractivity contribution in [1.82, 2.24) is 9.97 Å². The highest BCUT2D eigenvalue weighted by Crippen LogP contribution is 2.33. The Hall–Kier alpha value is -1.85. The highest BCUT2D eigenvalue weighted by Gasteiger charge is 2.13. The van der Waals surface area contributed by atoms with Crippen molar-refractivity contribution in [3.63, 3.8) is 0 Å². The third-order valence-corrected chi connectivity index (χ3v) is 3.40. The van der Waals surface area contributed by atoms with Crippen LogP contribution in [0.5, 0.6) is 5.75 Å². The van der Waals surface area contributed by atoms with Gasteiger partial charge in [-0.05, 0) is 18.6 Å². The fourth-order valence-electron chi connectivity index (χ4n) is 1.64. The number of hydrogen-bond acceptors (Lipinski definition) is 5. The van der Waals surface area contributed by atoms with E-state index < -0.39 is 0 Å². The second kappa shape index (κ2) is 6.07. The van der Waals surface area contributed by atoms with Gasteiger partial charge in [0, 0.05) is 11.1 Å². The first kappa shape index (κ1) is 14.6. The van der Waals surface area contributed by atoms with Crippen LogP contribution in [0.2, 0.25) is 10.2 Å². The molecular weight excluding hydrogens is 301 g/mol. The van der Waals surface area contributed by atoms with Gasteiger partial charge >= 0.3 is 0 Å². The normalized spacial score (nSPS) is 10.2. The lowest BCUT2D eigenvalue weighted by Gasteiger charge is -2.13. The summed E-state index contributed by atoms with van der Waals surface area (Å²) in [4.78, 5) is 18.8. The Morgan fingerprint density at radius 1 is 1.30 bits per heavy atom. The molecule has 0 bridgehead atoms. The second-order valence-electron chi connectivity index (χ2n) is 3.97. The number of methoxy groups -OCH3 is 1. The van der Waals surface area contributed by atoms with Crippen LogP contribution >= 0.6 is 23.2 Å². The number of ether oxygens (including phenoxy) is 1. The number of rotatable bonds is 4. The van der Waals surface area contributed by atoms with Gasteiger partial charge in [-0.3, -0.25) is 4.79 Å². The van der Waals surface area contributed by atoms with Gasteiger partial charge in [0.05, 0.1) is 18.4 Å². The van der Waals surface area contributed by atoms with E-state index in [1.807, 2.05) is 6.92 Å². The van der Waals surface area contributed by atoms with Crippen molar-refractivity contribution >= 4 is 41.0 Å². The zero-order valence-electron chi connectivity index (χ0n) is 10.8. The average Bonchev–Trinajstić information content (AvgIpc) is 2.43. The maximum Gasteiger partial charge on any atom is 0.156 e. The van der Waals surface area contributed by atoms with Crippen molar-refractivity contribution in [3.05, 3.63) is 39.8 Å². The first-order valence-electron chi connectivity index (χ1n) is 5.63. The number of benzene rings is 1. The van der Waals surface area contributed by atoms with Gasteiger partial charge in [0.15, 0.2) is 6.29 Å². The lowest BCUT2D eigenvalue weighted by molar-refractivity contribution is 0.112. The SMILES string of the molecule is COc1cc(Cl)c(C)cc1Nc1ncnc(Cl)c1C=O. The number of hydrogen-bond donors (Lipinski definition) is 1. The molecule has 0 aliphatic rings. The first-order valence-corrected chi connectivity index (χ1v) is 6.39. The van der Waals surface area contributed by atoms with E-state index in [4.69, 9.17) is 27.9 Å². The molecule has 1 aromatic heterocycles. The molecule has 1 heterocycles. The summed E-state index contributed by atoms with van der Waals surface area (Å²) in [6.07, 6.45) is 1.87. The average molecular weight is 312 g/mol. The Balaban J connectivity index is 2.47. The van der Waals surface area contributed by atoms with Gasteiger partial charge in [-0.1, -0.05) is 23.2 Å². The highest BCUT2D eigenvalue weighted by atomic mass is 35.5. The molecule has 0 atom stereocenters. The number of nitrogens with zero attached hydrogens (tertiary/aromatic N) is 2. The molecule has 1 aromatic carbocycles. The van der Waals surface area contributed by atoms with E-state index in [0.29, 0.717) is 28.6 Å². The van der Waals surface area contributed by atoms with Crippen LogP contribution in [-0.4, -0.2) is 23.4 Å². The van der Waals surface area contributed by atoms with Crippen LogP contribution in [0.3, 0.4) is 0 Å². The first-order chi connectivity index (χ1) is 9.56. The molecule has 0 fully saturated rings. The van der Waals surface area contributed by atoms with Crippen LogP contribution in [0.4, 0.5) is 11.5 Å². The van der Waals surface area contributed by atoms with E-state index in [2.05, 4.69) is 15.3 Å². The maximum atomic E-state index is 11.1. The van der Waals surface area contributed by atoms with Gasteiger partial charge in [0.1, 0.15) is 23.0 Å². The van der Waals surface area contributed by atoms with Crippen LogP contribution in [-0.2, 0) is 0 Å². The van der Waals surface area contributed by atoms with E-state index in [1.54, 1.807) is 12.1 Å². The van der Waals surface area contributed by atoms with Crippen molar-refractivity contribution in [2.45, 2.75) is 6.92 Å². The smallest absolute Gasteiger partial charge is 0.156 e. The van der Waals surface area contributed by atoms with Crippen LogP contribution in [0.25, 0.3) is 0 Å². The number of anilines is 2. The number of aromatic nitrogens is 2. The van der Waals surface area contributed by atoms with Crippen LogP contribution < -0.4 is 10.1 Å². The molecule has 7 heteroatoms. The Morgan fingerprint density at radius 2 is 2.05 bits per heavy atom. The monoisotopic (exact) mass is 311 g/mol. The highest BCUT2D eigenvalue weighted by molar-refractivity contribution is 6.32. The Labute approximate surface area is 125 Å². The summed E-state index contributed by atoms with van der Waals surface area (Å²) >= 11 is 11.9. The Morgan fingerprint density at radius 3 is 2.70 bits per heavy atom. The summed E-state index contributed by atoms with van der Waals surface area (Å²) in [7, 11) is 1.53. The summed E-state index contributed by atoms with van der Waals surface area (Å²) in [5, 5.41) is 3.67. The van der Waals surface area contributed by atoms with Gasteiger partial charge in [0.25, 0.3) is 0 Å². The van der Waals surface area contributed by atoms with Crippen molar-refractivity contribution < 1.29 is 9.53 Å². The molecule has 0 unspecified atom stereocenters. The zero-order valence-corrected chi connectivity index (χ0v) is 12.3. The molecule has 0 aliphatic carbocycles. The lowest BCUT2D eigenvalue weighted by atomic mass is 10.2. The fourth-order valence-corrected chi connectivity index (χ4v) is 1.97. The predicted octanol–water partition coefficient (Wildman–Crippen LogP) is 3.66. The summed E-state index contributed by atoms with van der Waals surface area (Å²) in [6, 6.07) is 3.48. The van der Waals surface area contributed by atoms with Crippen molar-refractivity contribution in [2.24, 2.45) is 0 Å². The maximum absolute atomic E-state index is 11.1. The molecule has 2 aromatic rings. The number of carbonyl (C=O) groups excluding carboxylic acids is 1. The fraction of sp³-hybridized carbons (Fsp3) is 0.154. The molecule has 0 radical (unpaired) electrons. The van der Waals surface area contributed by atoms with Gasteiger partial charge in [-0.25, -0.2) is 9.97 Å². The molecule has 0 spiro atoms. The number of halogens is 2. The number of nitrogens with one attached hydrogen (secondary N) is 1. The summed E-state index contributed by atoms with van der Waals surface area (Å²) in [5.74, 6) is 0.840. The largest absolute Gasteiger partial charge is 0.495 e. The summed E-state index contributed by atoms with van der Waals surface area (Å²) < 4.78 is 5.25. The minimum absolute atomic E-state index is 0.0853. The van der Waals surface area contributed by atoms with Gasteiger partial charge in [-0.2, -0.15) is 0 Å². The summed E-state index contributed by atoms with van der Waals surface area (Å²) in [5.41, 5.74) is 1.68. The Bertz CT molecular complexity index is 662. The summed E-state index contributed by atoms with van der Waals surface area (Å²) in [6.45, 7) is 1.86. The van der Waals surface area contributed by atoms with E-state index in [-0.39, 0.29) is 10.7 Å². The molecule has 20 heavy (non-hydrogen) atoms. The van der Waals surface area contributed by atoms with E-state index in [9.17, 15) is 4.79 Å². The van der Waals surface area contributed by atoms with Gasteiger partial charge in [-0.15, -0.1) is 0 Å². The van der Waals surface area contributed by atoms with Gasteiger partial charge in [0.2, 0.25) is 0 Å². The lowest BCUT2D eigenvalue weighted by Crippen LogP contribution is -2.02. The van der Waals surface area contributed by atoms with E-state index >= 15 is 0 Å².